The van der Waals surface area contributed by atoms with E-state index in [2.05, 4.69) is 4.72 Å². The van der Waals surface area contributed by atoms with Gasteiger partial charge >= 0.3 is 5.97 Å². The minimum absolute atomic E-state index is 0.0379. The lowest BCUT2D eigenvalue weighted by atomic mass is 10.2. The second-order valence-electron chi connectivity index (χ2n) is 3.41. The first kappa shape index (κ1) is 14.2. The van der Waals surface area contributed by atoms with Gasteiger partial charge in [0.1, 0.15) is 6.07 Å². The Balaban J connectivity index is 3.04. The highest BCUT2D eigenvalue weighted by atomic mass is 32.2. The van der Waals surface area contributed by atoms with Crippen molar-refractivity contribution in [3.8, 4) is 6.07 Å². The molecule has 0 unspecified atom stereocenters. The van der Waals surface area contributed by atoms with E-state index in [1.54, 1.807) is 6.07 Å². The molecule has 18 heavy (non-hydrogen) atoms. The second kappa shape index (κ2) is 5.62. The highest BCUT2D eigenvalue weighted by molar-refractivity contribution is 7.89. The molecule has 0 bridgehead atoms. The zero-order chi connectivity index (χ0) is 13.8. The molecule has 6 nitrogen and oxygen atoms in total. The van der Waals surface area contributed by atoms with E-state index in [4.69, 9.17) is 10.00 Å². The molecule has 0 heterocycles. The number of benzene rings is 1. The van der Waals surface area contributed by atoms with Crippen LogP contribution in [0.2, 0.25) is 0 Å². The molecule has 7 heteroatoms. The van der Waals surface area contributed by atoms with Crippen LogP contribution in [-0.2, 0) is 14.8 Å². The number of carbonyl (C=O) groups is 1. The third-order valence-corrected chi connectivity index (χ3v) is 3.53. The van der Waals surface area contributed by atoms with Crippen molar-refractivity contribution in [1.82, 2.24) is 4.72 Å². The number of hydrogen-bond donors (Lipinski definition) is 1. The van der Waals surface area contributed by atoms with E-state index in [-0.39, 0.29) is 10.5 Å². The summed E-state index contributed by atoms with van der Waals surface area (Å²) in [6.07, 6.45) is -0.887. The number of nitrogens with zero attached hydrogens (tertiary/aromatic N) is 1. The number of hydrogen-bond acceptors (Lipinski definition) is 5. The van der Waals surface area contributed by atoms with Gasteiger partial charge in [0.05, 0.1) is 10.5 Å². The summed E-state index contributed by atoms with van der Waals surface area (Å²) in [7, 11) is -2.34. The summed E-state index contributed by atoms with van der Waals surface area (Å²) < 4.78 is 30.0. The predicted molar refractivity (Wildman–Crippen MR) is 63.2 cm³/mol. The van der Waals surface area contributed by atoms with Crippen molar-refractivity contribution < 1.29 is 17.9 Å². The van der Waals surface area contributed by atoms with Crippen molar-refractivity contribution in [3.05, 3.63) is 29.8 Å². The maximum atomic E-state index is 11.6. The van der Waals surface area contributed by atoms with Crippen LogP contribution in [0.25, 0.3) is 0 Å². The molecule has 0 aromatic heterocycles. The average molecular weight is 268 g/mol. The number of ether oxygens (including phenoxy) is 1. The molecule has 1 rings (SSSR count). The van der Waals surface area contributed by atoms with Crippen LogP contribution in [0.1, 0.15) is 17.3 Å². The maximum Gasteiger partial charge on any atom is 0.339 e. The molecule has 1 N–H and O–H groups in total. The number of carbonyl (C=O) groups excluding carboxylic acids is 1. The van der Waals surface area contributed by atoms with Gasteiger partial charge in [0.25, 0.3) is 0 Å². The average Bonchev–Trinajstić information content (AvgIpc) is 2.38. The molecule has 0 radical (unpaired) electrons. The third-order valence-electron chi connectivity index (χ3n) is 2.11. The smallest absolute Gasteiger partial charge is 0.339 e. The zero-order valence-electron chi connectivity index (χ0n) is 9.88. The standard InChI is InChI=1S/C11H12N2O4S/c1-8(7-12)17-11(14)9-4-3-5-10(6-9)18(15,16)13-2/h3-6,8,13H,1-2H3/t8-/m1/s1. The molecule has 1 aromatic rings. The number of nitrogens with one attached hydrogen (secondary N) is 1. The van der Waals surface area contributed by atoms with Crippen LogP contribution in [0, 0.1) is 11.3 Å². The van der Waals surface area contributed by atoms with Gasteiger partial charge in [0.2, 0.25) is 10.0 Å². The van der Waals surface area contributed by atoms with Gasteiger partial charge in [-0.05, 0) is 32.2 Å². The van der Waals surface area contributed by atoms with E-state index in [0.717, 1.165) is 0 Å². The first-order chi connectivity index (χ1) is 8.40. The first-order valence-electron chi connectivity index (χ1n) is 5.05. The summed E-state index contributed by atoms with van der Waals surface area (Å²) in [5, 5.41) is 8.52. The number of esters is 1. The second-order valence-corrected chi connectivity index (χ2v) is 5.30. The van der Waals surface area contributed by atoms with Gasteiger partial charge in [-0.25, -0.2) is 17.9 Å². The molecular formula is C11H12N2O4S. The fourth-order valence-corrected chi connectivity index (χ4v) is 1.94. The molecule has 0 saturated heterocycles. The Bertz CT molecular complexity index is 589. The normalized spacial score (nSPS) is 12.5. The molecule has 0 aliphatic rings. The van der Waals surface area contributed by atoms with Gasteiger partial charge in [-0.15, -0.1) is 0 Å². The third kappa shape index (κ3) is 3.29. The van der Waals surface area contributed by atoms with Crippen molar-refractivity contribution >= 4 is 16.0 Å². The van der Waals surface area contributed by atoms with Crippen LogP contribution in [0.15, 0.2) is 29.2 Å². The fourth-order valence-electron chi connectivity index (χ4n) is 1.16. The SMILES string of the molecule is CNS(=O)(=O)c1cccc(C(=O)O[C@H](C)C#N)c1. The van der Waals surface area contributed by atoms with Gasteiger partial charge in [0.15, 0.2) is 6.10 Å². The van der Waals surface area contributed by atoms with Crippen LogP contribution in [-0.4, -0.2) is 27.5 Å². The predicted octanol–water partition coefficient (Wildman–Crippen LogP) is 0.664. The molecule has 1 aromatic carbocycles. The fraction of sp³-hybridized carbons (Fsp3) is 0.273. The molecule has 0 amide bonds. The van der Waals surface area contributed by atoms with Crippen molar-refractivity contribution in [2.24, 2.45) is 0 Å². The summed E-state index contributed by atoms with van der Waals surface area (Å²) in [6.45, 7) is 1.42. The van der Waals surface area contributed by atoms with Crippen LogP contribution < -0.4 is 4.72 Å². The van der Waals surface area contributed by atoms with Crippen molar-refractivity contribution in [2.75, 3.05) is 7.05 Å². The zero-order valence-corrected chi connectivity index (χ0v) is 10.7. The van der Waals surface area contributed by atoms with E-state index in [0.29, 0.717) is 0 Å². The Labute approximate surface area is 105 Å². The minimum atomic E-state index is -3.61. The summed E-state index contributed by atoms with van der Waals surface area (Å²) in [5.41, 5.74) is 0.0772. The van der Waals surface area contributed by atoms with Crippen molar-refractivity contribution in [1.29, 1.82) is 5.26 Å². The van der Waals surface area contributed by atoms with Gasteiger partial charge in [-0.2, -0.15) is 5.26 Å². The molecule has 0 aliphatic carbocycles. The molecule has 0 saturated carbocycles. The highest BCUT2D eigenvalue weighted by Crippen LogP contribution is 2.12. The van der Waals surface area contributed by atoms with Gasteiger partial charge in [0, 0.05) is 0 Å². The number of sulfonamides is 1. The Hall–Kier alpha value is -1.91. The summed E-state index contributed by atoms with van der Waals surface area (Å²) in [6, 6.07) is 7.14. The summed E-state index contributed by atoms with van der Waals surface area (Å²) in [5.74, 6) is -0.739. The largest absolute Gasteiger partial charge is 0.444 e. The molecule has 96 valence electrons. The Morgan fingerprint density at radius 3 is 2.72 bits per heavy atom. The van der Waals surface area contributed by atoms with E-state index < -0.39 is 22.1 Å². The Morgan fingerprint density at radius 2 is 2.17 bits per heavy atom. The van der Waals surface area contributed by atoms with Crippen molar-refractivity contribution in [2.45, 2.75) is 17.9 Å². The quantitative estimate of drug-likeness (QED) is 0.809. The Kier molecular flexibility index (Phi) is 4.42. The van der Waals surface area contributed by atoms with Crippen LogP contribution in [0.4, 0.5) is 0 Å². The summed E-state index contributed by atoms with van der Waals surface area (Å²) >= 11 is 0. The number of rotatable bonds is 4. The lowest BCUT2D eigenvalue weighted by molar-refractivity contribution is 0.0435. The monoisotopic (exact) mass is 268 g/mol. The molecule has 1 atom stereocenters. The van der Waals surface area contributed by atoms with Crippen LogP contribution in [0.3, 0.4) is 0 Å². The van der Waals surface area contributed by atoms with Gasteiger partial charge in [-0.3, -0.25) is 0 Å². The lowest BCUT2D eigenvalue weighted by Gasteiger charge is -2.07. The van der Waals surface area contributed by atoms with E-state index in [1.165, 1.54) is 38.2 Å². The molecule has 0 spiro atoms. The van der Waals surface area contributed by atoms with Crippen LogP contribution in [0.5, 0.6) is 0 Å². The van der Waals surface area contributed by atoms with Gasteiger partial charge in [-0.1, -0.05) is 6.07 Å². The molecule has 0 fully saturated rings. The van der Waals surface area contributed by atoms with Crippen molar-refractivity contribution in [3.63, 3.8) is 0 Å². The van der Waals surface area contributed by atoms with Crippen LogP contribution >= 0.6 is 0 Å². The maximum absolute atomic E-state index is 11.6. The molecular weight excluding hydrogens is 256 g/mol. The number of nitriles is 1. The highest BCUT2D eigenvalue weighted by Gasteiger charge is 2.16. The van der Waals surface area contributed by atoms with E-state index >= 15 is 0 Å². The minimum Gasteiger partial charge on any atom is -0.444 e. The lowest BCUT2D eigenvalue weighted by Crippen LogP contribution is -2.19. The first-order valence-corrected chi connectivity index (χ1v) is 6.53. The topological polar surface area (TPSA) is 96.3 Å². The molecule has 0 aliphatic heterocycles. The van der Waals surface area contributed by atoms with Gasteiger partial charge < -0.3 is 4.74 Å². The van der Waals surface area contributed by atoms with E-state index in [9.17, 15) is 13.2 Å². The summed E-state index contributed by atoms with van der Waals surface area (Å²) in [4.78, 5) is 11.6. The Morgan fingerprint density at radius 1 is 1.50 bits per heavy atom. The van der Waals surface area contributed by atoms with E-state index in [1.807, 2.05) is 0 Å².